The largest absolute Gasteiger partial charge is 0.480 e. The molecule has 0 aromatic carbocycles. The van der Waals surface area contributed by atoms with Crippen molar-refractivity contribution in [2.24, 2.45) is 11.3 Å². The maximum Gasteiger partial charge on any atom is 0.326 e. The molecule has 2 rings (SSSR count). The average Bonchev–Trinajstić information content (AvgIpc) is 2.76. The molecule has 0 aromatic rings. The molecule has 3 N–H and O–H groups in total. The van der Waals surface area contributed by atoms with Gasteiger partial charge in [0.05, 0.1) is 0 Å². The minimum Gasteiger partial charge on any atom is -0.480 e. The molecule has 2 atom stereocenters. The quantitative estimate of drug-likeness (QED) is 0.746. The molecule has 5 nitrogen and oxygen atoms in total. The second-order valence-corrected chi connectivity index (χ2v) is 7.44. The molecule has 2 aliphatic rings. The summed E-state index contributed by atoms with van der Waals surface area (Å²) in [6.07, 6.45) is 8.13. The number of urea groups is 1. The fourth-order valence-corrected chi connectivity index (χ4v) is 3.78. The van der Waals surface area contributed by atoms with Gasteiger partial charge in [-0.05, 0) is 43.4 Å². The van der Waals surface area contributed by atoms with Crippen molar-refractivity contribution < 1.29 is 14.7 Å². The average molecular weight is 296 g/mol. The lowest BCUT2D eigenvalue weighted by Crippen LogP contribution is -2.52. The summed E-state index contributed by atoms with van der Waals surface area (Å²) in [5, 5.41) is 15.0. The van der Waals surface area contributed by atoms with E-state index >= 15 is 0 Å². The third-order valence-corrected chi connectivity index (χ3v) is 4.98. The van der Waals surface area contributed by atoms with Gasteiger partial charge in [-0.25, -0.2) is 9.59 Å². The number of carbonyl (C=O) groups is 2. The molecule has 2 unspecified atom stereocenters. The van der Waals surface area contributed by atoms with Crippen LogP contribution in [-0.2, 0) is 4.79 Å². The zero-order valence-corrected chi connectivity index (χ0v) is 13.2. The highest BCUT2D eigenvalue weighted by Crippen LogP contribution is 2.36. The number of hydrogen-bond acceptors (Lipinski definition) is 2. The van der Waals surface area contributed by atoms with Crippen molar-refractivity contribution in [2.45, 2.75) is 77.3 Å². The summed E-state index contributed by atoms with van der Waals surface area (Å²) >= 11 is 0. The Morgan fingerprint density at radius 2 is 1.81 bits per heavy atom. The molecule has 0 aromatic heterocycles. The van der Waals surface area contributed by atoms with Crippen LogP contribution < -0.4 is 10.6 Å². The molecule has 0 bridgehead atoms. The minimum atomic E-state index is -0.913. The van der Waals surface area contributed by atoms with Crippen molar-refractivity contribution in [3.63, 3.8) is 0 Å². The topological polar surface area (TPSA) is 78.4 Å². The summed E-state index contributed by atoms with van der Waals surface area (Å²) in [6, 6.07) is -0.906. The zero-order valence-electron chi connectivity index (χ0n) is 13.2. The van der Waals surface area contributed by atoms with Gasteiger partial charge >= 0.3 is 12.0 Å². The molecule has 2 aliphatic carbocycles. The van der Waals surface area contributed by atoms with Gasteiger partial charge in [0, 0.05) is 6.04 Å². The first-order valence-electron chi connectivity index (χ1n) is 8.17. The molecule has 5 heteroatoms. The van der Waals surface area contributed by atoms with E-state index in [0.717, 1.165) is 44.9 Å². The van der Waals surface area contributed by atoms with Crippen molar-refractivity contribution in [2.75, 3.05) is 0 Å². The van der Waals surface area contributed by atoms with Gasteiger partial charge in [-0.1, -0.05) is 33.1 Å². The third-order valence-electron chi connectivity index (χ3n) is 4.98. The van der Waals surface area contributed by atoms with E-state index in [9.17, 15) is 14.7 Å². The maximum atomic E-state index is 12.1. The fraction of sp³-hybridized carbons (Fsp3) is 0.875. The highest BCUT2D eigenvalue weighted by Gasteiger charge is 2.34. The standard InChI is InChI=1S/C16H28N2O3/c1-16(2)9-8-12(10-16)17-15(21)18-13(14(19)20)11-6-4-3-5-7-11/h11-13H,3-10H2,1-2H3,(H,19,20)(H2,17,18,21). The summed E-state index contributed by atoms with van der Waals surface area (Å²) < 4.78 is 0. The Morgan fingerprint density at radius 3 is 2.33 bits per heavy atom. The first-order chi connectivity index (χ1) is 9.87. The molecule has 2 fully saturated rings. The predicted molar refractivity (Wildman–Crippen MR) is 81.1 cm³/mol. The van der Waals surface area contributed by atoms with Gasteiger partial charge in [0.2, 0.25) is 0 Å². The van der Waals surface area contributed by atoms with Crippen LogP contribution in [0.4, 0.5) is 4.79 Å². The van der Waals surface area contributed by atoms with Gasteiger partial charge in [0.1, 0.15) is 6.04 Å². The number of carbonyl (C=O) groups excluding carboxylic acids is 1. The van der Waals surface area contributed by atoms with E-state index in [1.165, 1.54) is 6.42 Å². The van der Waals surface area contributed by atoms with Crippen LogP contribution >= 0.6 is 0 Å². The highest BCUT2D eigenvalue weighted by molar-refractivity contribution is 5.82. The third kappa shape index (κ3) is 4.61. The summed E-state index contributed by atoms with van der Waals surface area (Å²) in [5.41, 5.74) is 0.271. The summed E-state index contributed by atoms with van der Waals surface area (Å²) in [5.74, 6) is -0.842. The second-order valence-electron chi connectivity index (χ2n) is 7.44. The van der Waals surface area contributed by atoms with Crippen molar-refractivity contribution in [1.29, 1.82) is 0 Å². The van der Waals surface area contributed by atoms with Gasteiger partial charge in [-0.3, -0.25) is 0 Å². The van der Waals surface area contributed by atoms with E-state index < -0.39 is 12.0 Å². The van der Waals surface area contributed by atoms with Gasteiger partial charge in [0.25, 0.3) is 0 Å². The van der Waals surface area contributed by atoms with E-state index in [-0.39, 0.29) is 23.4 Å². The highest BCUT2D eigenvalue weighted by atomic mass is 16.4. The molecular weight excluding hydrogens is 268 g/mol. The molecule has 0 spiro atoms. The van der Waals surface area contributed by atoms with Crippen LogP contribution in [0.25, 0.3) is 0 Å². The summed E-state index contributed by atoms with van der Waals surface area (Å²) in [4.78, 5) is 23.5. The summed E-state index contributed by atoms with van der Waals surface area (Å²) in [6.45, 7) is 4.41. The van der Waals surface area contributed by atoms with Crippen LogP contribution in [0, 0.1) is 11.3 Å². The van der Waals surface area contributed by atoms with Gasteiger partial charge in [-0.15, -0.1) is 0 Å². The lowest BCUT2D eigenvalue weighted by Gasteiger charge is -2.28. The van der Waals surface area contributed by atoms with Crippen LogP contribution in [0.1, 0.15) is 65.2 Å². The Balaban J connectivity index is 1.85. The van der Waals surface area contributed by atoms with Crippen molar-refractivity contribution in [1.82, 2.24) is 10.6 Å². The zero-order chi connectivity index (χ0) is 15.5. The van der Waals surface area contributed by atoms with Crippen molar-refractivity contribution in [3.05, 3.63) is 0 Å². The molecule has 2 saturated carbocycles. The molecule has 2 amide bonds. The van der Waals surface area contributed by atoms with Gasteiger partial charge < -0.3 is 15.7 Å². The molecule has 0 radical (unpaired) electrons. The Labute approximate surface area is 126 Å². The normalized spacial score (nSPS) is 27.0. The first-order valence-corrected chi connectivity index (χ1v) is 8.17. The molecular formula is C16H28N2O3. The SMILES string of the molecule is CC1(C)CCC(NC(=O)NC(C(=O)O)C2CCCCC2)C1. The van der Waals surface area contributed by atoms with E-state index in [1.54, 1.807) is 0 Å². The maximum absolute atomic E-state index is 12.1. The van der Waals surface area contributed by atoms with Crippen molar-refractivity contribution >= 4 is 12.0 Å². The fourth-order valence-electron chi connectivity index (χ4n) is 3.78. The number of carboxylic acids is 1. The van der Waals surface area contributed by atoms with Gasteiger partial charge in [0.15, 0.2) is 0 Å². The molecule has 120 valence electrons. The van der Waals surface area contributed by atoms with E-state index in [1.807, 2.05) is 0 Å². The van der Waals surface area contributed by atoms with Crippen LogP contribution in [0.5, 0.6) is 0 Å². The lowest BCUT2D eigenvalue weighted by molar-refractivity contribution is -0.141. The number of carboxylic acid groups (broad SMARTS) is 1. The molecule has 0 aliphatic heterocycles. The monoisotopic (exact) mass is 296 g/mol. The van der Waals surface area contributed by atoms with E-state index in [0.29, 0.717) is 0 Å². The van der Waals surface area contributed by atoms with Crippen LogP contribution in [0.3, 0.4) is 0 Å². The van der Waals surface area contributed by atoms with E-state index in [2.05, 4.69) is 24.5 Å². The number of aliphatic carboxylic acids is 1. The summed E-state index contributed by atoms with van der Waals surface area (Å²) in [7, 11) is 0. The van der Waals surface area contributed by atoms with E-state index in [4.69, 9.17) is 0 Å². The van der Waals surface area contributed by atoms with Crippen molar-refractivity contribution in [3.8, 4) is 0 Å². The van der Waals surface area contributed by atoms with Crippen LogP contribution in [0.15, 0.2) is 0 Å². The number of amides is 2. The Kier molecular flexibility index (Phi) is 5.12. The molecule has 0 saturated heterocycles. The lowest BCUT2D eigenvalue weighted by atomic mass is 9.84. The Morgan fingerprint density at radius 1 is 1.14 bits per heavy atom. The smallest absolute Gasteiger partial charge is 0.326 e. The molecule has 21 heavy (non-hydrogen) atoms. The Hall–Kier alpha value is -1.26. The van der Waals surface area contributed by atoms with Gasteiger partial charge in [-0.2, -0.15) is 0 Å². The Bertz CT molecular complexity index is 389. The van der Waals surface area contributed by atoms with Crippen LogP contribution in [0.2, 0.25) is 0 Å². The first kappa shape index (κ1) is 16.1. The number of rotatable bonds is 4. The predicted octanol–water partition coefficient (Wildman–Crippen LogP) is 2.90. The number of nitrogens with one attached hydrogen (secondary N) is 2. The molecule has 0 heterocycles. The van der Waals surface area contributed by atoms with Crippen LogP contribution in [-0.4, -0.2) is 29.2 Å². The second kappa shape index (κ2) is 6.67. The minimum absolute atomic E-state index is 0.0713. The number of hydrogen-bond donors (Lipinski definition) is 3.